The number of ketones is 3. The Kier molecular flexibility index (Phi) is 11.5. The van der Waals surface area contributed by atoms with E-state index >= 15 is 0 Å². The molecule has 0 N–H and O–H groups in total. The van der Waals surface area contributed by atoms with Crippen LogP contribution < -0.4 is 0 Å². The second-order valence-corrected chi connectivity index (χ2v) is 9.56. The van der Waals surface area contributed by atoms with Crippen LogP contribution in [-0.4, -0.2) is 36.1 Å². The first kappa shape index (κ1) is 22.0. The van der Waals surface area contributed by atoms with E-state index in [1.165, 1.54) is 15.8 Å². The predicted octanol–water partition coefficient (Wildman–Crippen LogP) is 2.35. The maximum atomic E-state index is 11.1. The third kappa shape index (κ3) is 5.62. The smallest absolute Gasteiger partial charge is 0.0967 e. The normalized spacial score (nSPS) is 10.1. The second-order valence-electron chi connectivity index (χ2n) is 4.80. The van der Waals surface area contributed by atoms with E-state index in [2.05, 4.69) is 20.8 Å². The molecule has 0 fully saturated rings. The van der Waals surface area contributed by atoms with Crippen LogP contribution in [-0.2, 0) is 35.5 Å². The Bertz CT molecular complexity index is 308. The van der Waals surface area contributed by atoms with Gasteiger partial charge < -0.3 is 0 Å². The van der Waals surface area contributed by atoms with Crippen LogP contribution in [0, 0.1) is 5.41 Å². The molecular weight excluding hydrogens is 311 g/mol. The Morgan fingerprint density at radius 1 is 0.800 bits per heavy atom. The van der Waals surface area contributed by atoms with Crippen LogP contribution in [0.25, 0.3) is 0 Å². The maximum absolute atomic E-state index is 11.1. The van der Waals surface area contributed by atoms with E-state index in [1.54, 1.807) is 0 Å². The molecule has 0 radical (unpaired) electrons. The van der Waals surface area contributed by atoms with Crippen molar-refractivity contribution in [2.75, 3.05) is 0 Å². The first-order chi connectivity index (χ1) is 9.12. The number of hydrogen-bond donors (Lipinski definition) is 0. The standard InChI is InChI=1S/C8H9O4.3C2H5.Al.Cr/c1-5(10)8(4-9,6(2)11)7(3)12;3*1-2;;/h1-3H3;3*1H2,2H3;;. The van der Waals surface area contributed by atoms with Crippen LogP contribution in [0.15, 0.2) is 0 Å². The number of Topliss-reactive ketones (excluding diaryl/α,β-unsaturated/α-hetero) is 3. The number of carbonyl (C=O) groups excluding carboxylic acids is 4. The van der Waals surface area contributed by atoms with Crippen molar-refractivity contribution in [2.45, 2.75) is 57.4 Å². The average Bonchev–Trinajstić information content (AvgIpc) is 2.30. The van der Waals surface area contributed by atoms with Crippen LogP contribution in [0.3, 0.4) is 0 Å². The van der Waals surface area contributed by atoms with E-state index in [-0.39, 0.29) is 14.1 Å². The topological polar surface area (TPSA) is 68.3 Å². The van der Waals surface area contributed by atoms with Gasteiger partial charge in [-0.2, -0.15) is 0 Å². The molecule has 0 aliphatic rings. The minimum absolute atomic E-state index is 0.171. The largest absolute Gasteiger partial charge is 0.261 e. The first-order valence-electron chi connectivity index (χ1n) is 6.87. The van der Waals surface area contributed by atoms with Gasteiger partial charge in [-0.05, 0) is 0 Å². The SMILES string of the molecule is CC(=O)C(C(C)=O)(C(C)=O)[C](=O)[Cr].C[CH2][Al]([CH2]C)[CH2]C. The fourth-order valence-corrected chi connectivity index (χ4v) is 4.45. The molecule has 20 heavy (non-hydrogen) atoms. The zero-order valence-electron chi connectivity index (χ0n) is 13.2. The molecule has 0 atom stereocenters. The summed E-state index contributed by atoms with van der Waals surface area (Å²) >= 11 is 1.85. The second kappa shape index (κ2) is 10.5. The van der Waals surface area contributed by atoms with Crippen molar-refractivity contribution in [1.29, 1.82) is 0 Å². The molecule has 0 unspecified atom stereocenters. The summed E-state index contributed by atoms with van der Waals surface area (Å²) in [5, 5.41) is 4.48. The van der Waals surface area contributed by atoms with Crippen LogP contribution in [0.1, 0.15) is 41.5 Å². The molecule has 0 aromatic heterocycles. The summed E-state index contributed by atoms with van der Waals surface area (Å²) in [6.07, 6.45) is 0. The van der Waals surface area contributed by atoms with Crippen molar-refractivity contribution in [2.24, 2.45) is 5.41 Å². The molecule has 0 rings (SSSR count). The van der Waals surface area contributed by atoms with Crippen LogP contribution in [0.5, 0.6) is 0 Å². The Morgan fingerprint density at radius 2 is 1.05 bits per heavy atom. The van der Waals surface area contributed by atoms with Crippen LogP contribution >= 0.6 is 0 Å². The molecule has 0 heterocycles. The Morgan fingerprint density at radius 3 is 1.05 bits per heavy atom. The van der Waals surface area contributed by atoms with Crippen molar-refractivity contribution in [3.05, 3.63) is 0 Å². The van der Waals surface area contributed by atoms with E-state index in [4.69, 9.17) is 0 Å². The number of carbonyl (C=O) groups is 4. The molecule has 0 bridgehead atoms. The molecule has 113 valence electrons. The van der Waals surface area contributed by atoms with Gasteiger partial charge in [0.15, 0.2) is 0 Å². The van der Waals surface area contributed by atoms with E-state index < -0.39 is 27.4 Å². The molecule has 0 aliphatic heterocycles. The summed E-state index contributed by atoms with van der Waals surface area (Å²) < 4.78 is -0.833. The Labute approximate surface area is 134 Å². The van der Waals surface area contributed by atoms with Gasteiger partial charge in [0.25, 0.3) is 14.1 Å². The van der Waals surface area contributed by atoms with Gasteiger partial charge in [-0.15, -0.1) is 0 Å². The van der Waals surface area contributed by atoms with Gasteiger partial charge in [0.05, 0.1) is 0 Å². The van der Waals surface area contributed by atoms with Gasteiger partial charge in [-0.25, -0.2) is 0 Å². The summed E-state index contributed by atoms with van der Waals surface area (Å²) in [7, 11) is 0. The number of hydrogen-bond acceptors (Lipinski definition) is 4. The van der Waals surface area contributed by atoms with E-state index in [9.17, 15) is 19.2 Å². The fourth-order valence-electron chi connectivity index (χ4n) is 2.04. The first-order valence-corrected chi connectivity index (χ1v) is 9.95. The van der Waals surface area contributed by atoms with Gasteiger partial charge in [0.1, 0.15) is 0 Å². The molecule has 4 nitrogen and oxygen atoms in total. The summed E-state index contributed by atoms with van der Waals surface area (Å²) in [4.78, 5) is 44.4. The minimum atomic E-state index is -2.11. The molecular formula is C14H24AlCrO4. The molecule has 0 aromatic carbocycles. The van der Waals surface area contributed by atoms with E-state index in [0.29, 0.717) is 0 Å². The third-order valence-corrected chi connectivity index (χ3v) is 7.56. The monoisotopic (exact) mass is 335 g/mol. The molecule has 0 saturated carbocycles. The Balaban J connectivity index is 0. The van der Waals surface area contributed by atoms with Crippen molar-refractivity contribution in [3.8, 4) is 0 Å². The zero-order valence-corrected chi connectivity index (χ0v) is 15.7. The third-order valence-electron chi connectivity index (χ3n) is 3.62. The van der Waals surface area contributed by atoms with Crippen molar-refractivity contribution in [3.63, 3.8) is 0 Å². The van der Waals surface area contributed by atoms with Crippen molar-refractivity contribution in [1.82, 2.24) is 0 Å². The fraction of sp³-hybridized carbons (Fsp3) is 0.714. The molecule has 0 aromatic rings. The van der Waals surface area contributed by atoms with Crippen LogP contribution in [0.2, 0.25) is 15.8 Å². The number of rotatable bonds is 7. The van der Waals surface area contributed by atoms with E-state index in [1.807, 2.05) is 16.3 Å². The summed E-state index contributed by atoms with van der Waals surface area (Å²) in [5.74, 6) is -2.22. The van der Waals surface area contributed by atoms with Gasteiger partial charge in [-0.3, -0.25) is 0 Å². The van der Waals surface area contributed by atoms with Crippen molar-refractivity contribution >= 4 is 36.1 Å². The summed E-state index contributed by atoms with van der Waals surface area (Å²) in [6, 6.07) is 0. The molecule has 0 aliphatic carbocycles. The predicted molar refractivity (Wildman–Crippen MR) is 76.7 cm³/mol. The zero-order chi connectivity index (χ0) is 16.5. The van der Waals surface area contributed by atoms with Crippen molar-refractivity contribution < 1.29 is 35.5 Å². The molecule has 0 amide bonds. The summed E-state index contributed by atoms with van der Waals surface area (Å²) in [6.45, 7) is 10.1. The maximum Gasteiger partial charge on any atom is 0.261 e. The molecule has 0 spiro atoms. The van der Waals surface area contributed by atoms with E-state index in [0.717, 1.165) is 20.8 Å². The molecule has 6 heteroatoms. The average molecular weight is 335 g/mol. The summed E-state index contributed by atoms with van der Waals surface area (Å²) in [5.41, 5.74) is -2.11. The van der Waals surface area contributed by atoms with Crippen LogP contribution in [0.4, 0.5) is 0 Å². The quantitative estimate of drug-likeness (QED) is 0.529. The van der Waals surface area contributed by atoms with Gasteiger partial charge in [-0.1, -0.05) is 36.6 Å². The van der Waals surface area contributed by atoms with Gasteiger partial charge >= 0.3 is 83.6 Å². The Hall–Kier alpha value is -0.255. The minimum Gasteiger partial charge on any atom is -0.0967 e. The molecule has 0 saturated heterocycles. The van der Waals surface area contributed by atoms with Gasteiger partial charge in [0.2, 0.25) is 0 Å². The van der Waals surface area contributed by atoms with Gasteiger partial charge in [0, 0.05) is 0 Å².